The standard InChI is InChI=1S/C15H30N2O2Si/c1-9-20(8,18-16-14(6)10-12(2)3)19-17-15(7)11-13(4)5/h9-13,16-17H,1H2,2-8H3. The highest BCUT2D eigenvalue weighted by Gasteiger charge is 2.30. The summed E-state index contributed by atoms with van der Waals surface area (Å²) in [5, 5.41) is 0. The van der Waals surface area contributed by atoms with Crippen molar-refractivity contribution in [2.75, 3.05) is 0 Å². The summed E-state index contributed by atoms with van der Waals surface area (Å²) in [6.07, 6.45) is 4.19. The van der Waals surface area contributed by atoms with Gasteiger partial charge in [-0.15, -0.1) is 6.58 Å². The van der Waals surface area contributed by atoms with Crippen molar-refractivity contribution in [1.82, 2.24) is 11.0 Å². The Morgan fingerprint density at radius 1 is 0.950 bits per heavy atom. The lowest BCUT2D eigenvalue weighted by Gasteiger charge is -2.24. The molecule has 0 saturated heterocycles. The molecule has 4 nitrogen and oxygen atoms in total. The van der Waals surface area contributed by atoms with Crippen molar-refractivity contribution < 1.29 is 9.05 Å². The Labute approximate surface area is 125 Å². The molecule has 0 saturated carbocycles. The summed E-state index contributed by atoms with van der Waals surface area (Å²) in [7, 11) is -2.49. The Morgan fingerprint density at radius 3 is 1.55 bits per heavy atom. The van der Waals surface area contributed by atoms with Crippen LogP contribution in [0.2, 0.25) is 6.55 Å². The molecule has 116 valence electrons. The van der Waals surface area contributed by atoms with Crippen LogP contribution in [0.15, 0.2) is 35.8 Å². The molecule has 0 rings (SSSR count). The normalized spacial score (nSPS) is 16.2. The molecular formula is C15H30N2O2Si. The SMILES string of the molecule is C=C[Si](C)(ONC(C)=CC(C)C)ONC(C)=CC(C)C. The zero-order valence-corrected chi connectivity index (χ0v) is 14.9. The third kappa shape index (κ3) is 8.96. The smallest absolute Gasteiger partial charge is 0.282 e. The summed E-state index contributed by atoms with van der Waals surface area (Å²) in [5.41, 5.74) is 9.55. The first-order chi connectivity index (χ1) is 9.18. The van der Waals surface area contributed by atoms with Gasteiger partial charge < -0.3 is 0 Å². The molecular weight excluding hydrogens is 268 g/mol. The molecule has 0 bridgehead atoms. The molecule has 2 N–H and O–H groups in total. The largest absolute Gasteiger partial charge is 0.411 e. The van der Waals surface area contributed by atoms with E-state index >= 15 is 0 Å². The second-order valence-electron chi connectivity index (χ2n) is 5.82. The summed E-state index contributed by atoms with van der Waals surface area (Å²) in [4.78, 5) is 0. The molecule has 0 aromatic carbocycles. The molecule has 0 atom stereocenters. The number of hydrogen-bond donors (Lipinski definition) is 2. The molecule has 0 amide bonds. The van der Waals surface area contributed by atoms with Crippen LogP contribution in [0.25, 0.3) is 0 Å². The highest BCUT2D eigenvalue weighted by Crippen LogP contribution is 2.08. The van der Waals surface area contributed by atoms with Crippen LogP contribution in [0.4, 0.5) is 0 Å². The van der Waals surface area contributed by atoms with Gasteiger partial charge >= 0.3 is 8.56 Å². The molecule has 0 aromatic rings. The molecule has 0 aromatic heterocycles. The Hall–Kier alpha value is -1.04. The van der Waals surface area contributed by atoms with Crippen molar-refractivity contribution >= 4 is 8.56 Å². The monoisotopic (exact) mass is 298 g/mol. The molecule has 5 heteroatoms. The molecule has 0 radical (unpaired) electrons. The average Bonchev–Trinajstić information content (AvgIpc) is 2.32. The fourth-order valence-electron chi connectivity index (χ4n) is 1.54. The van der Waals surface area contributed by atoms with Crippen molar-refractivity contribution in [1.29, 1.82) is 0 Å². The Morgan fingerprint density at radius 2 is 1.30 bits per heavy atom. The molecule has 0 aliphatic heterocycles. The lowest BCUT2D eigenvalue weighted by atomic mass is 10.2. The lowest BCUT2D eigenvalue weighted by molar-refractivity contribution is 0.101. The van der Waals surface area contributed by atoms with E-state index in [2.05, 4.69) is 57.4 Å². The second-order valence-corrected chi connectivity index (χ2v) is 8.66. The zero-order valence-electron chi connectivity index (χ0n) is 13.9. The van der Waals surface area contributed by atoms with Crippen LogP contribution in [0.1, 0.15) is 41.5 Å². The van der Waals surface area contributed by atoms with Crippen molar-refractivity contribution in [2.45, 2.75) is 48.1 Å². The van der Waals surface area contributed by atoms with Gasteiger partial charge in [-0.05, 0) is 37.9 Å². The first-order valence-corrected chi connectivity index (χ1v) is 9.46. The van der Waals surface area contributed by atoms with Gasteiger partial charge in [0.25, 0.3) is 0 Å². The highest BCUT2D eigenvalue weighted by molar-refractivity contribution is 6.71. The lowest BCUT2D eigenvalue weighted by Crippen LogP contribution is -2.45. The molecule has 0 fully saturated rings. The first-order valence-electron chi connectivity index (χ1n) is 7.07. The number of allylic oxidation sites excluding steroid dienone is 4. The Bertz CT molecular complexity index is 335. The highest BCUT2D eigenvalue weighted by atomic mass is 28.4. The minimum Gasteiger partial charge on any atom is -0.282 e. The fraction of sp³-hybridized carbons (Fsp3) is 0.600. The maximum Gasteiger partial charge on any atom is 0.411 e. The minimum absolute atomic E-state index is 0.470. The predicted molar refractivity (Wildman–Crippen MR) is 87.4 cm³/mol. The summed E-state index contributed by atoms with van der Waals surface area (Å²) in [6, 6.07) is 0. The quantitative estimate of drug-likeness (QED) is 0.500. The summed E-state index contributed by atoms with van der Waals surface area (Å²) in [5.74, 6) is 0.941. The molecule has 0 aliphatic rings. The maximum atomic E-state index is 5.69. The van der Waals surface area contributed by atoms with Crippen LogP contribution in [-0.2, 0) is 9.05 Å². The molecule has 0 aliphatic carbocycles. The summed E-state index contributed by atoms with van der Waals surface area (Å²) < 4.78 is 11.4. The van der Waals surface area contributed by atoms with Crippen LogP contribution < -0.4 is 11.0 Å². The summed E-state index contributed by atoms with van der Waals surface area (Å²) >= 11 is 0. The third-order valence-electron chi connectivity index (χ3n) is 2.37. The first kappa shape index (κ1) is 19.0. The van der Waals surface area contributed by atoms with E-state index in [1.807, 2.05) is 20.4 Å². The van der Waals surface area contributed by atoms with Gasteiger partial charge in [0.15, 0.2) is 0 Å². The Balaban J connectivity index is 4.44. The van der Waals surface area contributed by atoms with E-state index < -0.39 is 8.56 Å². The molecule has 0 heterocycles. The third-order valence-corrected chi connectivity index (χ3v) is 4.12. The molecule has 0 spiro atoms. The van der Waals surface area contributed by atoms with E-state index in [-0.39, 0.29) is 0 Å². The number of rotatable bonds is 9. The molecule has 20 heavy (non-hydrogen) atoms. The minimum atomic E-state index is -2.49. The summed E-state index contributed by atoms with van der Waals surface area (Å²) in [6.45, 7) is 18.1. The number of hydrogen-bond acceptors (Lipinski definition) is 4. The van der Waals surface area contributed by atoms with E-state index in [1.54, 1.807) is 5.70 Å². The van der Waals surface area contributed by atoms with E-state index in [0.717, 1.165) is 11.4 Å². The predicted octanol–water partition coefficient (Wildman–Crippen LogP) is 3.95. The van der Waals surface area contributed by atoms with E-state index in [1.165, 1.54) is 0 Å². The van der Waals surface area contributed by atoms with Crippen molar-refractivity contribution in [3.63, 3.8) is 0 Å². The van der Waals surface area contributed by atoms with E-state index in [9.17, 15) is 0 Å². The van der Waals surface area contributed by atoms with Crippen molar-refractivity contribution in [2.24, 2.45) is 11.8 Å². The zero-order chi connectivity index (χ0) is 15.8. The van der Waals surface area contributed by atoms with Gasteiger partial charge in [0, 0.05) is 11.4 Å². The van der Waals surface area contributed by atoms with Gasteiger partial charge in [-0.25, -0.2) is 0 Å². The topological polar surface area (TPSA) is 42.5 Å². The Kier molecular flexibility index (Phi) is 8.53. The van der Waals surface area contributed by atoms with Crippen LogP contribution >= 0.6 is 0 Å². The van der Waals surface area contributed by atoms with Crippen LogP contribution in [0, 0.1) is 11.8 Å². The van der Waals surface area contributed by atoms with Gasteiger partial charge in [-0.3, -0.25) is 20.0 Å². The van der Waals surface area contributed by atoms with Gasteiger partial charge in [-0.1, -0.05) is 39.8 Å². The van der Waals surface area contributed by atoms with Crippen LogP contribution in [0.5, 0.6) is 0 Å². The van der Waals surface area contributed by atoms with Gasteiger partial charge in [-0.2, -0.15) is 0 Å². The second kappa shape index (κ2) is 9.00. The fourth-order valence-corrected chi connectivity index (χ4v) is 2.47. The van der Waals surface area contributed by atoms with Crippen LogP contribution in [0.3, 0.4) is 0 Å². The number of nitrogens with one attached hydrogen (secondary N) is 2. The molecule has 0 unspecified atom stereocenters. The average molecular weight is 299 g/mol. The van der Waals surface area contributed by atoms with Gasteiger partial charge in [0.2, 0.25) is 0 Å². The number of hydroxylamine groups is 2. The van der Waals surface area contributed by atoms with Crippen molar-refractivity contribution in [3.8, 4) is 0 Å². The van der Waals surface area contributed by atoms with Gasteiger partial charge in [0.05, 0.1) is 0 Å². The van der Waals surface area contributed by atoms with Crippen LogP contribution in [-0.4, -0.2) is 8.56 Å². The van der Waals surface area contributed by atoms with Crippen molar-refractivity contribution in [3.05, 3.63) is 35.8 Å². The van der Waals surface area contributed by atoms with E-state index in [4.69, 9.17) is 9.05 Å². The maximum absolute atomic E-state index is 5.69. The van der Waals surface area contributed by atoms with Gasteiger partial charge in [0.1, 0.15) is 0 Å². The van der Waals surface area contributed by atoms with E-state index in [0.29, 0.717) is 11.8 Å².